The van der Waals surface area contributed by atoms with Crippen molar-refractivity contribution in [3.8, 4) is 0 Å². The van der Waals surface area contributed by atoms with Crippen LogP contribution in [0.25, 0.3) is 0 Å². The highest BCUT2D eigenvalue weighted by Crippen LogP contribution is 2.31. The third-order valence-corrected chi connectivity index (χ3v) is 2.27. The molecule has 0 aromatic heterocycles. The van der Waals surface area contributed by atoms with E-state index in [1.807, 2.05) is 37.3 Å². The van der Waals surface area contributed by atoms with Crippen molar-refractivity contribution < 1.29 is 5.11 Å². The molecule has 2 rings (SSSR count). The minimum Gasteiger partial charge on any atom is -0.395 e. The molecule has 0 saturated heterocycles. The molecule has 0 bridgehead atoms. The number of benzene rings is 1. The van der Waals surface area contributed by atoms with Crippen molar-refractivity contribution in [2.24, 2.45) is 0 Å². The van der Waals surface area contributed by atoms with E-state index in [2.05, 4.69) is 5.32 Å². The molecule has 1 heterocycles. The average molecular weight is 174 g/mol. The van der Waals surface area contributed by atoms with Crippen LogP contribution in [0.3, 0.4) is 0 Å². The maximum atomic E-state index is 9.17. The van der Waals surface area contributed by atoms with Crippen molar-refractivity contribution in [3.63, 3.8) is 0 Å². The molecule has 0 saturated carbocycles. The standard InChI is InChI=1S/C11H12NO/c1-8-6-9(7-13)10-4-2-3-5-11(10)12-8/h2-6,9,13H,7H2,1H3. The van der Waals surface area contributed by atoms with Gasteiger partial charge >= 0.3 is 0 Å². The van der Waals surface area contributed by atoms with Crippen molar-refractivity contribution >= 4 is 5.69 Å². The van der Waals surface area contributed by atoms with Gasteiger partial charge in [0.25, 0.3) is 0 Å². The Morgan fingerprint density at radius 1 is 1.38 bits per heavy atom. The summed E-state index contributed by atoms with van der Waals surface area (Å²) in [6.07, 6.45) is 2.00. The Hall–Kier alpha value is -1.28. The third-order valence-electron chi connectivity index (χ3n) is 2.27. The van der Waals surface area contributed by atoms with Gasteiger partial charge in [-0.15, -0.1) is 0 Å². The molecular weight excluding hydrogens is 162 g/mol. The highest BCUT2D eigenvalue weighted by molar-refractivity contribution is 5.53. The Bertz CT molecular complexity index is 344. The van der Waals surface area contributed by atoms with Gasteiger partial charge in [-0.05, 0) is 18.6 Å². The molecule has 0 fully saturated rings. The number of aliphatic hydroxyl groups is 1. The van der Waals surface area contributed by atoms with Gasteiger partial charge in [0, 0.05) is 11.6 Å². The molecule has 2 nitrogen and oxygen atoms in total. The predicted octanol–water partition coefficient (Wildman–Crippen LogP) is 1.92. The SMILES string of the molecule is CC1=CC(CO)c2ccccc2[N]1. The lowest BCUT2D eigenvalue weighted by atomic mass is 9.94. The maximum Gasteiger partial charge on any atom is 0.0671 e. The first-order chi connectivity index (χ1) is 6.31. The molecule has 2 heteroatoms. The van der Waals surface area contributed by atoms with Crippen molar-refractivity contribution in [2.75, 3.05) is 6.61 Å². The average Bonchev–Trinajstić information content (AvgIpc) is 2.16. The second kappa shape index (κ2) is 3.23. The van der Waals surface area contributed by atoms with E-state index < -0.39 is 0 Å². The number of aliphatic hydroxyl groups excluding tert-OH is 1. The highest BCUT2D eigenvalue weighted by atomic mass is 16.3. The minimum absolute atomic E-state index is 0.119. The van der Waals surface area contributed by atoms with Gasteiger partial charge in [-0.2, -0.15) is 0 Å². The summed E-state index contributed by atoms with van der Waals surface area (Å²) in [5.41, 5.74) is 3.09. The van der Waals surface area contributed by atoms with Crippen molar-refractivity contribution in [2.45, 2.75) is 12.8 Å². The first kappa shape index (κ1) is 8.32. The van der Waals surface area contributed by atoms with E-state index in [-0.39, 0.29) is 12.5 Å². The number of para-hydroxylation sites is 1. The van der Waals surface area contributed by atoms with Crippen LogP contribution in [0.4, 0.5) is 5.69 Å². The Balaban J connectivity index is 2.44. The Kier molecular flexibility index (Phi) is 2.07. The van der Waals surface area contributed by atoms with Crippen molar-refractivity contribution in [1.29, 1.82) is 0 Å². The van der Waals surface area contributed by atoms with Crippen LogP contribution in [0.5, 0.6) is 0 Å². The molecule has 0 spiro atoms. The van der Waals surface area contributed by atoms with E-state index in [1.165, 1.54) is 0 Å². The van der Waals surface area contributed by atoms with E-state index in [4.69, 9.17) is 5.11 Å². The van der Waals surface area contributed by atoms with Gasteiger partial charge in [-0.1, -0.05) is 24.3 Å². The van der Waals surface area contributed by atoms with Crippen LogP contribution in [0.15, 0.2) is 36.0 Å². The third kappa shape index (κ3) is 1.45. The predicted molar refractivity (Wildman–Crippen MR) is 51.8 cm³/mol. The fraction of sp³-hybridized carbons (Fsp3) is 0.273. The van der Waals surface area contributed by atoms with Crippen LogP contribution in [0.1, 0.15) is 18.4 Å². The molecule has 1 aromatic rings. The summed E-state index contributed by atoms with van der Waals surface area (Å²) < 4.78 is 0. The van der Waals surface area contributed by atoms with E-state index in [1.54, 1.807) is 0 Å². The number of hydrogen-bond donors (Lipinski definition) is 1. The summed E-state index contributed by atoms with van der Waals surface area (Å²) in [6.45, 7) is 2.11. The quantitative estimate of drug-likeness (QED) is 0.693. The second-order valence-corrected chi connectivity index (χ2v) is 3.27. The van der Waals surface area contributed by atoms with E-state index in [9.17, 15) is 0 Å². The lowest BCUT2D eigenvalue weighted by Crippen LogP contribution is -2.12. The lowest BCUT2D eigenvalue weighted by molar-refractivity contribution is 0.282. The zero-order valence-electron chi connectivity index (χ0n) is 7.57. The molecule has 1 atom stereocenters. The lowest BCUT2D eigenvalue weighted by Gasteiger charge is -2.20. The number of allylic oxidation sites excluding steroid dienone is 1. The first-order valence-electron chi connectivity index (χ1n) is 4.41. The number of hydrogen-bond acceptors (Lipinski definition) is 1. The van der Waals surface area contributed by atoms with E-state index in [0.717, 1.165) is 16.9 Å². The summed E-state index contributed by atoms with van der Waals surface area (Å²) in [6, 6.07) is 7.94. The van der Waals surface area contributed by atoms with Crippen LogP contribution in [-0.2, 0) is 0 Å². The van der Waals surface area contributed by atoms with Gasteiger partial charge < -0.3 is 5.11 Å². The first-order valence-corrected chi connectivity index (χ1v) is 4.41. The molecule has 0 amide bonds. The summed E-state index contributed by atoms with van der Waals surface area (Å²) in [5, 5.41) is 13.6. The second-order valence-electron chi connectivity index (χ2n) is 3.27. The zero-order chi connectivity index (χ0) is 9.26. The van der Waals surface area contributed by atoms with E-state index >= 15 is 0 Å². The highest BCUT2D eigenvalue weighted by Gasteiger charge is 2.17. The summed E-state index contributed by atoms with van der Waals surface area (Å²) in [5.74, 6) is 0.119. The van der Waals surface area contributed by atoms with Crippen molar-refractivity contribution in [1.82, 2.24) is 5.32 Å². The molecular formula is C11H12NO. The smallest absolute Gasteiger partial charge is 0.0671 e. The molecule has 1 N–H and O–H groups in total. The van der Waals surface area contributed by atoms with Gasteiger partial charge in [0.2, 0.25) is 0 Å². The van der Waals surface area contributed by atoms with Crippen LogP contribution < -0.4 is 5.32 Å². The largest absolute Gasteiger partial charge is 0.395 e. The Morgan fingerprint density at radius 3 is 2.92 bits per heavy atom. The molecule has 1 radical (unpaired) electrons. The van der Waals surface area contributed by atoms with E-state index in [0.29, 0.717) is 0 Å². The van der Waals surface area contributed by atoms with Crippen molar-refractivity contribution in [3.05, 3.63) is 41.6 Å². The summed E-state index contributed by atoms with van der Waals surface area (Å²) in [7, 11) is 0. The fourth-order valence-corrected chi connectivity index (χ4v) is 1.66. The van der Waals surface area contributed by atoms with Crippen LogP contribution >= 0.6 is 0 Å². The monoisotopic (exact) mass is 174 g/mol. The number of rotatable bonds is 1. The Morgan fingerprint density at radius 2 is 2.15 bits per heavy atom. The molecule has 1 aliphatic heterocycles. The zero-order valence-corrected chi connectivity index (χ0v) is 7.57. The van der Waals surface area contributed by atoms with Crippen LogP contribution in [0.2, 0.25) is 0 Å². The molecule has 1 aliphatic rings. The molecule has 13 heavy (non-hydrogen) atoms. The van der Waals surface area contributed by atoms with Gasteiger partial charge in [0.05, 0.1) is 12.3 Å². The van der Waals surface area contributed by atoms with Crippen LogP contribution in [0, 0.1) is 0 Å². The Labute approximate surface area is 77.9 Å². The van der Waals surface area contributed by atoms with Gasteiger partial charge in [-0.3, -0.25) is 5.32 Å². The fourth-order valence-electron chi connectivity index (χ4n) is 1.66. The maximum absolute atomic E-state index is 9.17. The molecule has 1 unspecified atom stereocenters. The summed E-state index contributed by atoms with van der Waals surface area (Å²) in [4.78, 5) is 0. The summed E-state index contributed by atoms with van der Waals surface area (Å²) >= 11 is 0. The molecule has 1 aromatic carbocycles. The topological polar surface area (TPSA) is 34.3 Å². The van der Waals surface area contributed by atoms with Gasteiger partial charge in [0.15, 0.2) is 0 Å². The normalized spacial score (nSPS) is 20.2. The molecule has 67 valence electrons. The number of nitrogens with zero attached hydrogens (tertiary/aromatic N) is 1. The van der Waals surface area contributed by atoms with Crippen LogP contribution in [-0.4, -0.2) is 11.7 Å². The molecule has 0 aliphatic carbocycles. The van der Waals surface area contributed by atoms with Gasteiger partial charge in [0.1, 0.15) is 0 Å². The number of fused-ring (bicyclic) bond motifs is 1. The minimum atomic E-state index is 0.119. The van der Waals surface area contributed by atoms with Gasteiger partial charge in [-0.25, -0.2) is 0 Å².